The van der Waals surface area contributed by atoms with Crippen LogP contribution in [0, 0.1) is 18.6 Å². The SMILES string of the molecule is CCc1cc(Nc2cc(N3CCN(C)CC3)nc(Oc3c(F)cc4[nH]c(C)cc4c3F)n2)on1. The van der Waals surface area contributed by atoms with Gasteiger partial charge in [-0.05, 0) is 26.5 Å². The average molecular weight is 469 g/mol. The number of hydrogen-bond donors (Lipinski definition) is 2. The van der Waals surface area contributed by atoms with Crippen LogP contribution in [0.3, 0.4) is 0 Å². The van der Waals surface area contributed by atoms with Crippen molar-refractivity contribution in [3.63, 3.8) is 0 Å². The number of piperazine rings is 1. The molecule has 0 saturated carbocycles. The number of aromatic amines is 1. The molecule has 0 bridgehead atoms. The zero-order valence-electron chi connectivity index (χ0n) is 19.2. The van der Waals surface area contributed by atoms with Crippen molar-refractivity contribution in [2.45, 2.75) is 20.3 Å². The van der Waals surface area contributed by atoms with Crippen LogP contribution in [0.4, 0.5) is 26.3 Å². The zero-order chi connectivity index (χ0) is 23.8. The predicted octanol–water partition coefficient (Wildman–Crippen LogP) is 4.38. The van der Waals surface area contributed by atoms with Crippen LogP contribution < -0.4 is 15.0 Å². The van der Waals surface area contributed by atoms with E-state index in [1.165, 1.54) is 6.07 Å². The molecule has 0 aliphatic carbocycles. The summed E-state index contributed by atoms with van der Waals surface area (Å²) in [4.78, 5) is 16.0. The van der Waals surface area contributed by atoms with Gasteiger partial charge in [0.25, 0.3) is 0 Å². The summed E-state index contributed by atoms with van der Waals surface area (Å²) in [5, 5.41) is 7.24. The maximum absolute atomic E-state index is 15.1. The molecule has 4 aromatic rings. The Morgan fingerprint density at radius 3 is 2.65 bits per heavy atom. The van der Waals surface area contributed by atoms with Crippen molar-refractivity contribution in [2.24, 2.45) is 0 Å². The van der Waals surface area contributed by atoms with Crippen molar-refractivity contribution < 1.29 is 18.0 Å². The number of nitrogens with one attached hydrogen (secondary N) is 2. The van der Waals surface area contributed by atoms with Crippen molar-refractivity contribution in [2.75, 3.05) is 43.4 Å². The molecule has 0 spiro atoms. The van der Waals surface area contributed by atoms with E-state index in [0.29, 0.717) is 28.7 Å². The van der Waals surface area contributed by atoms with Crippen LogP contribution in [0.5, 0.6) is 11.8 Å². The third-order valence-corrected chi connectivity index (χ3v) is 5.79. The van der Waals surface area contributed by atoms with Crippen LogP contribution in [0.2, 0.25) is 0 Å². The van der Waals surface area contributed by atoms with Crippen molar-refractivity contribution in [1.82, 2.24) is 25.0 Å². The van der Waals surface area contributed by atoms with E-state index in [-0.39, 0.29) is 11.4 Å². The van der Waals surface area contributed by atoms with Gasteiger partial charge in [-0.3, -0.25) is 0 Å². The Bertz CT molecular complexity index is 1330. The number of H-pyrrole nitrogens is 1. The van der Waals surface area contributed by atoms with Gasteiger partial charge in [-0.1, -0.05) is 12.1 Å². The Morgan fingerprint density at radius 2 is 1.91 bits per heavy atom. The Kier molecular flexibility index (Phi) is 5.78. The topological polar surface area (TPSA) is 95.3 Å². The quantitative estimate of drug-likeness (QED) is 0.430. The fourth-order valence-corrected chi connectivity index (χ4v) is 3.89. The summed E-state index contributed by atoms with van der Waals surface area (Å²) >= 11 is 0. The normalized spacial score (nSPS) is 14.7. The van der Waals surface area contributed by atoms with Gasteiger partial charge in [0.1, 0.15) is 11.6 Å². The van der Waals surface area contributed by atoms with Crippen LogP contribution in [0.25, 0.3) is 10.9 Å². The smallest absolute Gasteiger partial charge is 0.326 e. The molecule has 4 heterocycles. The zero-order valence-corrected chi connectivity index (χ0v) is 19.2. The molecule has 1 aromatic carbocycles. The molecule has 1 aliphatic heterocycles. The molecule has 0 unspecified atom stereocenters. The molecule has 9 nitrogen and oxygen atoms in total. The molecule has 5 rings (SSSR count). The molecule has 0 radical (unpaired) electrons. The predicted molar refractivity (Wildman–Crippen MR) is 124 cm³/mol. The first-order valence-corrected chi connectivity index (χ1v) is 11.1. The van der Waals surface area contributed by atoms with Crippen molar-refractivity contribution in [3.05, 3.63) is 47.3 Å². The van der Waals surface area contributed by atoms with Crippen LogP contribution in [0.1, 0.15) is 18.3 Å². The van der Waals surface area contributed by atoms with Gasteiger partial charge in [-0.2, -0.15) is 9.97 Å². The van der Waals surface area contributed by atoms with E-state index in [9.17, 15) is 4.39 Å². The number of ether oxygens (including phenoxy) is 1. The summed E-state index contributed by atoms with van der Waals surface area (Å²) in [6.45, 7) is 6.94. The van der Waals surface area contributed by atoms with E-state index in [0.717, 1.165) is 38.3 Å². The number of aromatic nitrogens is 4. The van der Waals surface area contributed by atoms with Crippen LogP contribution >= 0.6 is 0 Å². The Labute approximate surface area is 194 Å². The highest BCUT2D eigenvalue weighted by atomic mass is 19.1. The maximum atomic E-state index is 15.1. The van der Waals surface area contributed by atoms with Crippen molar-refractivity contribution in [1.29, 1.82) is 0 Å². The van der Waals surface area contributed by atoms with E-state index >= 15 is 4.39 Å². The van der Waals surface area contributed by atoms with Gasteiger partial charge in [0, 0.05) is 55.5 Å². The summed E-state index contributed by atoms with van der Waals surface area (Å²) in [5.74, 6) is -0.885. The molecule has 1 fully saturated rings. The molecule has 3 aromatic heterocycles. The highest BCUT2D eigenvalue weighted by molar-refractivity contribution is 5.83. The Hall–Kier alpha value is -3.73. The standard InChI is InChI=1S/C23H25F2N7O2/c1-4-14-10-20(34-30-14)27-18-12-19(32-7-5-31(3)6-8-32)29-23(28-18)33-22-16(24)11-17-15(21(22)25)9-13(2)26-17/h9-12,26H,4-8H2,1-3H3,(H,27,28,29). The molecule has 11 heteroatoms. The third-order valence-electron chi connectivity index (χ3n) is 5.79. The van der Waals surface area contributed by atoms with E-state index < -0.39 is 17.4 Å². The summed E-state index contributed by atoms with van der Waals surface area (Å²) in [5.41, 5.74) is 1.85. The minimum absolute atomic E-state index is 0.182. The lowest BCUT2D eigenvalue weighted by Gasteiger charge is -2.33. The summed E-state index contributed by atoms with van der Waals surface area (Å²) in [6, 6.07) is 6.13. The lowest BCUT2D eigenvalue weighted by Crippen LogP contribution is -2.44. The molecule has 2 N–H and O–H groups in total. The van der Waals surface area contributed by atoms with E-state index in [1.54, 1.807) is 25.1 Å². The third kappa shape index (κ3) is 4.38. The Balaban J connectivity index is 1.51. The monoisotopic (exact) mass is 469 g/mol. The largest absolute Gasteiger partial charge is 0.418 e. The van der Waals surface area contributed by atoms with Gasteiger partial charge in [-0.25, -0.2) is 8.78 Å². The lowest BCUT2D eigenvalue weighted by atomic mass is 10.2. The fourth-order valence-electron chi connectivity index (χ4n) is 3.89. The minimum Gasteiger partial charge on any atom is -0.418 e. The van der Waals surface area contributed by atoms with E-state index in [1.807, 2.05) is 6.92 Å². The molecule has 1 saturated heterocycles. The molecule has 1 aliphatic rings. The van der Waals surface area contributed by atoms with Crippen molar-refractivity contribution >= 4 is 28.4 Å². The number of fused-ring (bicyclic) bond motifs is 1. The van der Waals surface area contributed by atoms with Gasteiger partial charge in [0.15, 0.2) is 11.6 Å². The summed E-state index contributed by atoms with van der Waals surface area (Å²) in [7, 11) is 2.05. The minimum atomic E-state index is -0.849. The lowest BCUT2D eigenvalue weighted by molar-refractivity contribution is 0.311. The number of hydrogen-bond acceptors (Lipinski definition) is 8. The first-order valence-electron chi connectivity index (χ1n) is 11.1. The van der Waals surface area contributed by atoms with Crippen LogP contribution in [-0.4, -0.2) is 58.2 Å². The Morgan fingerprint density at radius 1 is 1.12 bits per heavy atom. The second-order valence-corrected chi connectivity index (χ2v) is 8.36. The number of benzene rings is 1. The number of rotatable bonds is 6. The van der Waals surface area contributed by atoms with Crippen LogP contribution in [0.15, 0.2) is 28.8 Å². The number of nitrogens with zero attached hydrogens (tertiary/aromatic N) is 5. The van der Waals surface area contributed by atoms with Gasteiger partial charge in [-0.15, -0.1) is 0 Å². The molecule has 0 atom stereocenters. The molecular weight excluding hydrogens is 444 g/mol. The first kappa shape index (κ1) is 22.1. The van der Waals surface area contributed by atoms with Gasteiger partial charge < -0.3 is 29.4 Å². The number of aryl methyl sites for hydroxylation is 2. The average Bonchev–Trinajstić information content (AvgIpc) is 3.42. The van der Waals surface area contributed by atoms with Crippen LogP contribution in [-0.2, 0) is 6.42 Å². The van der Waals surface area contributed by atoms with Gasteiger partial charge >= 0.3 is 6.01 Å². The summed E-state index contributed by atoms with van der Waals surface area (Å²) < 4.78 is 40.8. The second-order valence-electron chi connectivity index (χ2n) is 8.36. The number of halogens is 2. The fraction of sp³-hybridized carbons (Fsp3) is 0.348. The maximum Gasteiger partial charge on any atom is 0.326 e. The van der Waals surface area contributed by atoms with E-state index in [2.05, 4.69) is 42.3 Å². The van der Waals surface area contributed by atoms with E-state index in [4.69, 9.17) is 9.26 Å². The number of anilines is 3. The second kappa shape index (κ2) is 8.90. The van der Waals surface area contributed by atoms with Gasteiger partial charge in [0.05, 0.1) is 11.2 Å². The summed E-state index contributed by atoms with van der Waals surface area (Å²) in [6.07, 6.45) is 0.718. The molecule has 178 valence electrons. The molecular formula is C23H25F2N7O2. The first-order chi connectivity index (χ1) is 16.4. The van der Waals surface area contributed by atoms with Gasteiger partial charge in [0.2, 0.25) is 11.6 Å². The highest BCUT2D eigenvalue weighted by Gasteiger charge is 2.22. The molecule has 34 heavy (non-hydrogen) atoms. The number of likely N-dealkylation sites (N-methyl/N-ethyl adjacent to an activating group) is 1. The van der Waals surface area contributed by atoms with Crippen molar-refractivity contribution in [3.8, 4) is 11.8 Å². The molecule has 0 amide bonds. The highest BCUT2D eigenvalue weighted by Crippen LogP contribution is 2.34.